The molecule has 3 aromatic carbocycles. The molecule has 1 N–H and O–H groups in total. The Bertz CT molecular complexity index is 1650. The molecule has 0 aliphatic heterocycles. The van der Waals surface area contributed by atoms with Crippen LogP contribution in [0.2, 0.25) is 0 Å². The van der Waals surface area contributed by atoms with Crippen molar-refractivity contribution < 1.29 is 23.5 Å². The number of fused-ring (bicyclic) bond motifs is 1. The number of benzene rings is 3. The van der Waals surface area contributed by atoms with Gasteiger partial charge in [-0.05, 0) is 46.7 Å². The molecule has 0 radical (unpaired) electrons. The highest BCUT2D eigenvalue weighted by atomic mass is 32.1. The van der Waals surface area contributed by atoms with Crippen molar-refractivity contribution in [3.05, 3.63) is 108 Å². The van der Waals surface area contributed by atoms with Crippen LogP contribution < -0.4 is 5.32 Å². The van der Waals surface area contributed by atoms with Gasteiger partial charge in [0.15, 0.2) is 0 Å². The van der Waals surface area contributed by atoms with Crippen LogP contribution in [0.1, 0.15) is 24.0 Å². The molecule has 0 atom stereocenters. The summed E-state index contributed by atoms with van der Waals surface area (Å²) in [7, 11) is 0. The predicted octanol–water partition coefficient (Wildman–Crippen LogP) is 7.68. The zero-order chi connectivity index (χ0) is 26.8. The molecule has 5 aromatic rings. The number of hydrogen-bond acceptors (Lipinski definition) is 6. The third-order valence-electron chi connectivity index (χ3n) is 6.82. The number of carbonyl (C=O) groups is 2. The molecule has 0 bridgehead atoms. The van der Waals surface area contributed by atoms with E-state index in [1.165, 1.54) is 23.6 Å². The molecule has 1 aliphatic rings. The van der Waals surface area contributed by atoms with Crippen LogP contribution in [0.25, 0.3) is 31.8 Å². The number of anilines is 1. The molecule has 6 rings (SSSR count). The van der Waals surface area contributed by atoms with E-state index in [0.29, 0.717) is 22.4 Å². The molecule has 8 heteroatoms. The van der Waals surface area contributed by atoms with Gasteiger partial charge >= 0.3 is 6.09 Å². The Kier molecular flexibility index (Phi) is 6.54. The minimum absolute atomic E-state index is 0.118. The molecule has 0 unspecified atom stereocenters. The van der Waals surface area contributed by atoms with Crippen molar-refractivity contribution in [2.24, 2.45) is 0 Å². The van der Waals surface area contributed by atoms with Gasteiger partial charge in [-0.1, -0.05) is 78.9 Å². The summed E-state index contributed by atoms with van der Waals surface area (Å²) >= 11 is 1.37. The zero-order valence-electron chi connectivity index (χ0n) is 20.7. The van der Waals surface area contributed by atoms with Gasteiger partial charge in [-0.15, -0.1) is 11.3 Å². The van der Waals surface area contributed by atoms with Gasteiger partial charge in [0.2, 0.25) is 0 Å². The number of nitrogens with one attached hydrogen (secondary N) is 1. The number of hydrogen-bond donors (Lipinski definition) is 1. The Morgan fingerprint density at radius 2 is 1.64 bits per heavy atom. The van der Waals surface area contributed by atoms with Crippen molar-refractivity contribution in [1.29, 1.82) is 0 Å². The summed E-state index contributed by atoms with van der Waals surface area (Å²) < 4.78 is 24.8. The molecule has 0 saturated heterocycles. The third kappa shape index (κ3) is 5.11. The molecule has 194 valence electrons. The lowest BCUT2D eigenvalue weighted by Crippen LogP contribution is -2.13. The van der Waals surface area contributed by atoms with E-state index in [-0.39, 0.29) is 6.61 Å². The highest BCUT2D eigenvalue weighted by Gasteiger charge is 2.46. The standard InChI is InChI=1S/C31H23FN2O4S/c32-25-16-26-27(34-30(36)37-18-20-4-2-1-3-5-20)28(39-29(26)33-17-25)23-8-6-21(7-9-23)22-10-12-24(13-11-22)31(14-15-31)38-19-35/h1-13,16-17,19H,14-15,18H2,(H,34,36). The van der Waals surface area contributed by atoms with Crippen LogP contribution in [-0.2, 0) is 26.5 Å². The Morgan fingerprint density at radius 1 is 0.974 bits per heavy atom. The molecule has 39 heavy (non-hydrogen) atoms. The van der Waals surface area contributed by atoms with Gasteiger partial charge in [-0.2, -0.15) is 0 Å². The van der Waals surface area contributed by atoms with Gasteiger partial charge in [0.25, 0.3) is 6.47 Å². The van der Waals surface area contributed by atoms with Gasteiger partial charge in [-0.3, -0.25) is 10.1 Å². The quantitative estimate of drug-likeness (QED) is 0.205. The van der Waals surface area contributed by atoms with Gasteiger partial charge in [0, 0.05) is 5.39 Å². The minimum Gasteiger partial charge on any atom is -0.456 e. The Morgan fingerprint density at radius 3 is 2.31 bits per heavy atom. The third-order valence-corrected chi connectivity index (χ3v) is 7.98. The second-order valence-corrected chi connectivity index (χ2v) is 10.4. The van der Waals surface area contributed by atoms with Crippen LogP contribution >= 0.6 is 11.3 Å². The van der Waals surface area contributed by atoms with E-state index >= 15 is 0 Å². The summed E-state index contributed by atoms with van der Waals surface area (Å²) in [6, 6.07) is 26.7. The summed E-state index contributed by atoms with van der Waals surface area (Å²) in [5.74, 6) is -0.488. The number of carbonyl (C=O) groups excluding carboxylic acids is 2. The number of nitrogens with zero attached hydrogens (tertiary/aromatic N) is 1. The second-order valence-electron chi connectivity index (χ2n) is 9.36. The topological polar surface area (TPSA) is 77.5 Å². The van der Waals surface area contributed by atoms with E-state index in [2.05, 4.69) is 10.3 Å². The fourth-order valence-corrected chi connectivity index (χ4v) is 5.69. The fourth-order valence-electron chi connectivity index (χ4n) is 4.61. The lowest BCUT2D eigenvalue weighted by atomic mass is 9.99. The van der Waals surface area contributed by atoms with Crippen LogP contribution in [0.4, 0.5) is 14.9 Å². The van der Waals surface area contributed by atoms with E-state index in [1.807, 2.05) is 78.9 Å². The van der Waals surface area contributed by atoms with E-state index in [0.717, 1.165) is 45.5 Å². The van der Waals surface area contributed by atoms with Gasteiger partial charge in [0.05, 0.1) is 16.8 Å². The molecule has 1 saturated carbocycles. The molecule has 0 spiro atoms. The van der Waals surface area contributed by atoms with E-state index < -0.39 is 17.5 Å². The largest absolute Gasteiger partial charge is 0.456 e. The van der Waals surface area contributed by atoms with E-state index in [9.17, 15) is 14.0 Å². The number of pyridine rings is 1. The second kappa shape index (κ2) is 10.3. The smallest absolute Gasteiger partial charge is 0.412 e. The maximum absolute atomic E-state index is 14.1. The first-order valence-electron chi connectivity index (χ1n) is 12.4. The minimum atomic E-state index is -0.632. The maximum Gasteiger partial charge on any atom is 0.412 e. The van der Waals surface area contributed by atoms with Crippen LogP contribution in [-0.4, -0.2) is 17.5 Å². The normalized spacial score (nSPS) is 13.6. The van der Waals surface area contributed by atoms with Crippen molar-refractivity contribution in [2.75, 3.05) is 5.32 Å². The summed E-state index contributed by atoms with van der Waals surface area (Å²) in [6.45, 7) is 0.635. The maximum atomic E-state index is 14.1. The summed E-state index contributed by atoms with van der Waals surface area (Å²) in [6.07, 6.45) is 2.21. The first-order chi connectivity index (χ1) is 19.0. The predicted molar refractivity (Wildman–Crippen MR) is 149 cm³/mol. The first-order valence-corrected chi connectivity index (χ1v) is 13.2. The zero-order valence-corrected chi connectivity index (χ0v) is 21.5. The molecular weight excluding hydrogens is 515 g/mol. The average molecular weight is 539 g/mol. The molecule has 1 fully saturated rings. The highest BCUT2D eigenvalue weighted by molar-refractivity contribution is 7.22. The Hall–Kier alpha value is -4.56. The van der Waals surface area contributed by atoms with Crippen molar-refractivity contribution in [1.82, 2.24) is 4.98 Å². The molecule has 2 heterocycles. The average Bonchev–Trinajstić information content (AvgIpc) is 3.68. The van der Waals surface area contributed by atoms with Crippen molar-refractivity contribution in [3.63, 3.8) is 0 Å². The van der Waals surface area contributed by atoms with Crippen LogP contribution in [0.3, 0.4) is 0 Å². The summed E-state index contributed by atoms with van der Waals surface area (Å²) in [5.41, 5.74) is 4.74. The number of halogens is 1. The van der Waals surface area contributed by atoms with Crippen molar-refractivity contribution >= 4 is 39.8 Å². The molecular formula is C31H23FN2O4S. The highest BCUT2D eigenvalue weighted by Crippen LogP contribution is 2.49. The number of ether oxygens (including phenoxy) is 2. The van der Waals surface area contributed by atoms with Gasteiger partial charge in [-0.25, -0.2) is 14.2 Å². The number of amides is 1. The van der Waals surface area contributed by atoms with E-state index in [1.54, 1.807) is 0 Å². The Labute approximate surface area is 228 Å². The first kappa shape index (κ1) is 24.8. The Balaban J connectivity index is 1.26. The van der Waals surface area contributed by atoms with E-state index in [4.69, 9.17) is 9.47 Å². The van der Waals surface area contributed by atoms with Crippen LogP contribution in [0.15, 0.2) is 91.1 Å². The van der Waals surface area contributed by atoms with Gasteiger partial charge < -0.3 is 9.47 Å². The summed E-state index contributed by atoms with van der Waals surface area (Å²) in [5, 5.41) is 3.33. The number of thiophene rings is 1. The summed E-state index contributed by atoms with van der Waals surface area (Å²) in [4.78, 5) is 29.1. The molecule has 2 aromatic heterocycles. The SMILES string of the molecule is O=COC1(c2ccc(-c3ccc(-c4sc5ncc(F)cc5c4NC(=O)OCc4ccccc4)cc3)cc2)CC1. The lowest BCUT2D eigenvalue weighted by molar-refractivity contribution is -0.136. The molecule has 1 aliphatic carbocycles. The number of aromatic nitrogens is 1. The van der Waals surface area contributed by atoms with Crippen LogP contribution in [0, 0.1) is 5.82 Å². The number of rotatable bonds is 8. The monoisotopic (exact) mass is 538 g/mol. The fraction of sp³-hybridized carbons (Fsp3) is 0.129. The van der Waals surface area contributed by atoms with Crippen molar-refractivity contribution in [2.45, 2.75) is 25.0 Å². The van der Waals surface area contributed by atoms with Crippen LogP contribution in [0.5, 0.6) is 0 Å². The molecule has 6 nitrogen and oxygen atoms in total. The van der Waals surface area contributed by atoms with Gasteiger partial charge in [0.1, 0.15) is 22.9 Å². The van der Waals surface area contributed by atoms with Crippen molar-refractivity contribution in [3.8, 4) is 21.6 Å². The molecule has 1 amide bonds. The lowest BCUT2D eigenvalue weighted by Gasteiger charge is -2.14.